The highest BCUT2D eigenvalue weighted by Gasteiger charge is 2.35. The zero-order valence-corrected chi connectivity index (χ0v) is 20.9. The van der Waals surface area contributed by atoms with Gasteiger partial charge in [0.05, 0.1) is 25.3 Å². The number of carbonyl (C=O) groups is 1. The number of aryl methyl sites for hydroxylation is 1. The number of methoxy groups -OCH3 is 1. The number of amides is 2. The van der Waals surface area contributed by atoms with Crippen LogP contribution in [-0.2, 0) is 13.0 Å². The lowest BCUT2D eigenvalue weighted by atomic mass is 9.94. The Bertz CT molecular complexity index is 1430. The second-order valence-corrected chi connectivity index (χ2v) is 8.84. The van der Waals surface area contributed by atoms with Gasteiger partial charge in [0.2, 0.25) is 5.82 Å². The fourth-order valence-corrected chi connectivity index (χ4v) is 4.41. The topological polar surface area (TPSA) is 80.5 Å². The van der Waals surface area contributed by atoms with Crippen LogP contribution >= 0.6 is 0 Å². The van der Waals surface area contributed by atoms with E-state index in [4.69, 9.17) is 14.2 Å². The Labute approximate surface area is 214 Å². The maximum absolute atomic E-state index is 13.4. The van der Waals surface area contributed by atoms with Gasteiger partial charge in [-0.25, -0.2) is 9.18 Å². The summed E-state index contributed by atoms with van der Waals surface area (Å²) in [4.78, 5) is 19.6. The van der Waals surface area contributed by atoms with Gasteiger partial charge in [-0.3, -0.25) is 4.90 Å². The van der Waals surface area contributed by atoms with E-state index >= 15 is 0 Å². The van der Waals surface area contributed by atoms with E-state index in [2.05, 4.69) is 17.4 Å². The first-order valence-corrected chi connectivity index (χ1v) is 12.1. The van der Waals surface area contributed by atoms with E-state index in [-0.39, 0.29) is 18.4 Å². The van der Waals surface area contributed by atoms with Crippen LogP contribution in [0.15, 0.2) is 83.0 Å². The highest BCUT2D eigenvalue weighted by molar-refractivity contribution is 5.87. The summed E-state index contributed by atoms with van der Waals surface area (Å²) in [5.74, 6) is 1.16. The molecule has 2 amide bonds. The molecule has 3 aromatic carbocycles. The number of aromatic nitrogens is 2. The average molecular weight is 499 g/mol. The molecule has 0 fully saturated rings. The molecule has 4 aromatic rings. The van der Waals surface area contributed by atoms with Crippen LogP contribution in [0.3, 0.4) is 0 Å². The number of benzene rings is 3. The summed E-state index contributed by atoms with van der Waals surface area (Å²) in [5, 5.41) is 7.31. The van der Waals surface area contributed by atoms with Gasteiger partial charge in [-0.15, -0.1) is 0 Å². The van der Waals surface area contributed by atoms with Crippen LogP contribution in [0.5, 0.6) is 5.75 Å². The van der Waals surface area contributed by atoms with Gasteiger partial charge in [0.25, 0.3) is 5.89 Å². The Morgan fingerprint density at radius 3 is 2.32 bits per heavy atom. The predicted molar refractivity (Wildman–Crippen MR) is 138 cm³/mol. The smallest absolute Gasteiger partial charge is 0.322 e. The molecule has 1 aliphatic heterocycles. The van der Waals surface area contributed by atoms with Crippen molar-refractivity contribution in [3.63, 3.8) is 0 Å². The number of rotatable bonds is 7. The second-order valence-electron chi connectivity index (χ2n) is 8.84. The van der Waals surface area contributed by atoms with Crippen molar-refractivity contribution in [1.29, 1.82) is 0 Å². The third-order valence-electron chi connectivity index (χ3n) is 6.58. The molecule has 1 N–H and O–H groups in total. The van der Waals surface area contributed by atoms with Crippen molar-refractivity contribution in [3.8, 4) is 17.1 Å². The molecule has 37 heavy (non-hydrogen) atoms. The lowest BCUT2D eigenvalue weighted by Crippen LogP contribution is -2.45. The van der Waals surface area contributed by atoms with E-state index in [9.17, 15) is 9.18 Å². The first kappa shape index (κ1) is 24.2. The number of halogens is 1. The Morgan fingerprint density at radius 1 is 1.00 bits per heavy atom. The molecule has 0 radical (unpaired) electrons. The molecular formula is C29H27FN4O3. The standard InChI is InChI=1S/C29H27FN4O3/c1-4-19-5-9-22(10-6-19)27-32-28(37-33-27)25-18(2)34(17-20-7-13-23(30)14-8-20)29(35)31-26(25)21-11-15-24(36-3)16-12-21/h5-16,26H,4,17H2,1-3H3,(H,31,35). The van der Waals surface area contributed by atoms with Gasteiger partial charge >= 0.3 is 6.03 Å². The highest BCUT2D eigenvalue weighted by Crippen LogP contribution is 2.38. The van der Waals surface area contributed by atoms with Gasteiger partial charge in [-0.1, -0.05) is 60.6 Å². The minimum absolute atomic E-state index is 0.260. The molecule has 0 saturated heterocycles. The van der Waals surface area contributed by atoms with Crippen molar-refractivity contribution in [2.24, 2.45) is 0 Å². The zero-order chi connectivity index (χ0) is 25.9. The Hall–Kier alpha value is -4.46. The number of allylic oxidation sites excluding steroid dienone is 1. The van der Waals surface area contributed by atoms with Crippen molar-refractivity contribution < 1.29 is 18.4 Å². The van der Waals surface area contributed by atoms with Crippen LogP contribution in [0.2, 0.25) is 0 Å². The van der Waals surface area contributed by atoms with Crippen molar-refractivity contribution in [2.75, 3.05) is 7.11 Å². The van der Waals surface area contributed by atoms with Crippen molar-refractivity contribution >= 4 is 11.6 Å². The van der Waals surface area contributed by atoms with Gasteiger partial charge in [-0.2, -0.15) is 4.98 Å². The number of carbonyl (C=O) groups excluding carboxylic acids is 1. The molecule has 7 nitrogen and oxygen atoms in total. The normalized spacial score (nSPS) is 15.6. The quantitative estimate of drug-likeness (QED) is 0.331. The summed E-state index contributed by atoms with van der Waals surface area (Å²) in [6, 6.07) is 20.8. The summed E-state index contributed by atoms with van der Waals surface area (Å²) in [5.41, 5.74) is 5.06. The molecule has 1 atom stereocenters. The fraction of sp³-hybridized carbons (Fsp3) is 0.207. The van der Waals surface area contributed by atoms with Gasteiger partial charge in [0.1, 0.15) is 11.6 Å². The summed E-state index contributed by atoms with van der Waals surface area (Å²) in [6.45, 7) is 4.22. The molecule has 0 saturated carbocycles. The Kier molecular flexibility index (Phi) is 6.72. The summed E-state index contributed by atoms with van der Waals surface area (Å²) >= 11 is 0. The Morgan fingerprint density at radius 2 is 1.68 bits per heavy atom. The average Bonchev–Trinajstić information content (AvgIpc) is 3.41. The molecular weight excluding hydrogens is 471 g/mol. The number of nitrogens with zero attached hydrogens (tertiary/aromatic N) is 3. The third-order valence-corrected chi connectivity index (χ3v) is 6.58. The van der Waals surface area contributed by atoms with E-state index in [1.54, 1.807) is 24.1 Å². The maximum Gasteiger partial charge on any atom is 0.322 e. The summed E-state index contributed by atoms with van der Waals surface area (Å²) in [6.07, 6.45) is 0.941. The Balaban J connectivity index is 1.56. The van der Waals surface area contributed by atoms with Crippen LogP contribution in [0, 0.1) is 5.82 Å². The second kappa shape index (κ2) is 10.3. The van der Waals surface area contributed by atoms with Gasteiger partial charge in [0, 0.05) is 11.3 Å². The van der Waals surface area contributed by atoms with Gasteiger partial charge in [-0.05, 0) is 54.3 Å². The monoisotopic (exact) mass is 498 g/mol. The maximum atomic E-state index is 13.4. The molecule has 1 unspecified atom stereocenters. The number of hydrogen-bond acceptors (Lipinski definition) is 5. The van der Waals surface area contributed by atoms with Crippen LogP contribution in [-0.4, -0.2) is 28.2 Å². The zero-order valence-electron chi connectivity index (χ0n) is 20.9. The fourth-order valence-electron chi connectivity index (χ4n) is 4.41. The van der Waals surface area contributed by atoms with Crippen LogP contribution in [0.25, 0.3) is 17.0 Å². The minimum atomic E-state index is -0.515. The number of ether oxygens (including phenoxy) is 1. The van der Waals surface area contributed by atoms with E-state index in [1.807, 2.05) is 55.5 Å². The van der Waals surface area contributed by atoms with Crippen LogP contribution in [0.1, 0.15) is 42.5 Å². The number of hydrogen-bond donors (Lipinski definition) is 1. The molecule has 188 valence electrons. The van der Waals surface area contributed by atoms with Gasteiger partial charge < -0.3 is 14.6 Å². The van der Waals surface area contributed by atoms with E-state index in [1.165, 1.54) is 17.7 Å². The summed E-state index contributed by atoms with van der Waals surface area (Å²) in [7, 11) is 1.60. The lowest BCUT2D eigenvalue weighted by molar-refractivity contribution is 0.203. The molecule has 0 spiro atoms. The highest BCUT2D eigenvalue weighted by atomic mass is 19.1. The van der Waals surface area contributed by atoms with Gasteiger partial charge in [0.15, 0.2) is 0 Å². The SMILES string of the molecule is CCc1ccc(-c2noc(C3=C(C)N(Cc4ccc(F)cc4)C(=O)NC3c3ccc(OC)cc3)n2)cc1. The molecule has 5 rings (SSSR count). The van der Waals surface area contributed by atoms with E-state index < -0.39 is 6.04 Å². The first-order valence-electron chi connectivity index (χ1n) is 12.1. The third kappa shape index (κ3) is 4.95. The molecule has 1 aliphatic rings. The van der Waals surface area contributed by atoms with Crippen LogP contribution < -0.4 is 10.1 Å². The van der Waals surface area contributed by atoms with E-state index in [0.29, 0.717) is 28.7 Å². The van der Waals surface area contributed by atoms with Crippen molar-refractivity contribution in [2.45, 2.75) is 32.9 Å². The first-order chi connectivity index (χ1) is 18.0. The predicted octanol–water partition coefficient (Wildman–Crippen LogP) is 6.14. The molecule has 8 heteroatoms. The van der Waals surface area contributed by atoms with Crippen molar-refractivity contribution in [3.05, 3.63) is 107 Å². The lowest BCUT2D eigenvalue weighted by Gasteiger charge is -2.35. The molecule has 2 heterocycles. The number of nitrogens with one attached hydrogen (secondary N) is 1. The van der Waals surface area contributed by atoms with E-state index in [0.717, 1.165) is 23.1 Å². The molecule has 0 aliphatic carbocycles. The molecule has 1 aromatic heterocycles. The minimum Gasteiger partial charge on any atom is -0.497 e. The van der Waals surface area contributed by atoms with Crippen LogP contribution in [0.4, 0.5) is 9.18 Å². The largest absolute Gasteiger partial charge is 0.497 e. The number of urea groups is 1. The summed E-state index contributed by atoms with van der Waals surface area (Å²) < 4.78 is 24.5. The van der Waals surface area contributed by atoms with Crippen molar-refractivity contribution in [1.82, 2.24) is 20.4 Å². The molecule has 0 bridgehead atoms.